The molecule has 1 unspecified atom stereocenters. The van der Waals surface area contributed by atoms with Gasteiger partial charge in [0, 0.05) is 13.6 Å². The number of carboxylic acids is 1. The Morgan fingerprint density at radius 2 is 1.94 bits per heavy atom. The Hall–Kier alpha value is -2.04. The van der Waals surface area contributed by atoms with E-state index in [1.54, 1.807) is 14.0 Å². The number of aliphatic carboxylic acids is 1. The molecule has 0 aliphatic heterocycles. The number of para-hydroxylation sites is 2. The summed E-state index contributed by atoms with van der Waals surface area (Å²) >= 11 is 0. The first kappa shape index (κ1) is 11.4. The average molecular weight is 234 g/mol. The highest BCUT2D eigenvalue weighted by molar-refractivity contribution is 5.76. The molecule has 0 saturated carbocycles. The van der Waals surface area contributed by atoms with Gasteiger partial charge in [0.1, 0.15) is 0 Å². The van der Waals surface area contributed by atoms with Gasteiger partial charge in [-0.2, -0.15) is 0 Å². The molecule has 2 aromatic rings. The average Bonchev–Trinajstić information content (AvgIpc) is 2.55. The van der Waals surface area contributed by atoms with Crippen molar-refractivity contribution >= 4 is 17.0 Å². The van der Waals surface area contributed by atoms with Gasteiger partial charge in [-0.25, -0.2) is 4.79 Å². The number of carbonyl (C=O) groups is 1. The van der Waals surface area contributed by atoms with Crippen LogP contribution in [0.1, 0.15) is 6.92 Å². The summed E-state index contributed by atoms with van der Waals surface area (Å²) in [7, 11) is 1.69. The Labute approximate surface area is 97.9 Å². The second-order valence-electron chi connectivity index (χ2n) is 4.18. The molecule has 1 N–H and O–H groups in total. The number of nitrogens with zero attached hydrogens (tertiary/aromatic N) is 2. The molecule has 90 valence electrons. The van der Waals surface area contributed by atoms with Crippen LogP contribution in [0.4, 0.5) is 0 Å². The predicted molar refractivity (Wildman–Crippen MR) is 64.0 cm³/mol. The number of rotatable bonds is 3. The molecular weight excluding hydrogens is 220 g/mol. The fourth-order valence-corrected chi connectivity index (χ4v) is 1.89. The van der Waals surface area contributed by atoms with Crippen LogP contribution in [-0.4, -0.2) is 20.2 Å². The quantitative estimate of drug-likeness (QED) is 0.863. The van der Waals surface area contributed by atoms with Crippen molar-refractivity contribution in [3.63, 3.8) is 0 Å². The monoisotopic (exact) mass is 234 g/mol. The largest absolute Gasteiger partial charge is 0.481 e. The van der Waals surface area contributed by atoms with Crippen molar-refractivity contribution in [3.8, 4) is 0 Å². The van der Waals surface area contributed by atoms with E-state index in [-0.39, 0.29) is 12.2 Å². The second-order valence-corrected chi connectivity index (χ2v) is 4.18. The van der Waals surface area contributed by atoms with Crippen molar-refractivity contribution < 1.29 is 9.90 Å². The van der Waals surface area contributed by atoms with Gasteiger partial charge in [0.2, 0.25) is 0 Å². The molecule has 1 aromatic heterocycles. The third-order valence-corrected chi connectivity index (χ3v) is 2.93. The van der Waals surface area contributed by atoms with Gasteiger partial charge in [-0.15, -0.1) is 0 Å². The van der Waals surface area contributed by atoms with Gasteiger partial charge in [0.25, 0.3) is 0 Å². The molecule has 0 amide bonds. The van der Waals surface area contributed by atoms with Crippen LogP contribution in [0.3, 0.4) is 0 Å². The zero-order valence-electron chi connectivity index (χ0n) is 9.75. The van der Waals surface area contributed by atoms with Gasteiger partial charge in [0.05, 0.1) is 17.0 Å². The number of carboxylic acid groups (broad SMARTS) is 1. The molecule has 5 heteroatoms. The van der Waals surface area contributed by atoms with E-state index < -0.39 is 11.9 Å². The normalized spacial score (nSPS) is 12.8. The molecule has 1 heterocycles. The molecule has 2 rings (SSSR count). The van der Waals surface area contributed by atoms with Gasteiger partial charge >= 0.3 is 11.7 Å². The van der Waals surface area contributed by atoms with E-state index in [0.29, 0.717) is 0 Å². The Bertz CT molecular complexity index is 624. The van der Waals surface area contributed by atoms with Gasteiger partial charge in [-0.1, -0.05) is 19.1 Å². The molecule has 0 aliphatic carbocycles. The molecule has 5 nitrogen and oxygen atoms in total. The topological polar surface area (TPSA) is 64.2 Å². The molecule has 0 fully saturated rings. The molecular formula is C12H14N2O3. The smallest absolute Gasteiger partial charge is 0.328 e. The summed E-state index contributed by atoms with van der Waals surface area (Å²) in [5.41, 5.74) is 1.41. The van der Waals surface area contributed by atoms with Crippen LogP contribution >= 0.6 is 0 Å². The van der Waals surface area contributed by atoms with E-state index in [9.17, 15) is 9.59 Å². The maximum absolute atomic E-state index is 12.0. The first-order chi connectivity index (χ1) is 8.02. The summed E-state index contributed by atoms with van der Waals surface area (Å²) in [6, 6.07) is 7.36. The standard InChI is InChI=1S/C12H14N2O3/c1-8(11(15)16)7-14-10-6-4-3-5-9(10)13(2)12(14)17/h3-6,8H,7H2,1-2H3,(H,15,16). The van der Waals surface area contributed by atoms with Crippen LogP contribution in [0.15, 0.2) is 29.1 Å². The Morgan fingerprint density at radius 3 is 2.53 bits per heavy atom. The number of hydrogen-bond donors (Lipinski definition) is 1. The van der Waals surface area contributed by atoms with Crippen molar-refractivity contribution in [2.24, 2.45) is 13.0 Å². The molecule has 1 atom stereocenters. The van der Waals surface area contributed by atoms with Crippen LogP contribution in [0.25, 0.3) is 11.0 Å². The van der Waals surface area contributed by atoms with E-state index >= 15 is 0 Å². The van der Waals surface area contributed by atoms with Crippen molar-refractivity contribution in [1.29, 1.82) is 0 Å². The van der Waals surface area contributed by atoms with Crippen LogP contribution in [0, 0.1) is 5.92 Å². The van der Waals surface area contributed by atoms with Gasteiger partial charge in [-0.05, 0) is 12.1 Å². The Morgan fingerprint density at radius 1 is 1.35 bits per heavy atom. The maximum atomic E-state index is 12.0. The summed E-state index contributed by atoms with van der Waals surface area (Å²) in [6.07, 6.45) is 0. The van der Waals surface area contributed by atoms with Crippen molar-refractivity contribution in [2.75, 3.05) is 0 Å². The van der Waals surface area contributed by atoms with E-state index in [0.717, 1.165) is 11.0 Å². The van der Waals surface area contributed by atoms with Crippen LogP contribution in [0.5, 0.6) is 0 Å². The number of imidazole rings is 1. The minimum Gasteiger partial charge on any atom is -0.481 e. The third-order valence-electron chi connectivity index (χ3n) is 2.93. The summed E-state index contributed by atoms with van der Waals surface area (Å²) < 4.78 is 3.04. The lowest BCUT2D eigenvalue weighted by molar-refractivity contribution is -0.141. The first-order valence-corrected chi connectivity index (χ1v) is 5.39. The lowest BCUT2D eigenvalue weighted by Gasteiger charge is -2.06. The molecule has 0 spiro atoms. The van der Waals surface area contributed by atoms with Crippen LogP contribution in [0.2, 0.25) is 0 Å². The number of benzene rings is 1. The van der Waals surface area contributed by atoms with Crippen LogP contribution in [-0.2, 0) is 18.4 Å². The molecule has 0 aliphatic rings. The second kappa shape index (κ2) is 4.08. The number of hydrogen-bond acceptors (Lipinski definition) is 2. The highest BCUT2D eigenvalue weighted by Crippen LogP contribution is 2.13. The summed E-state index contributed by atoms with van der Waals surface area (Å²) in [6.45, 7) is 1.78. The molecule has 17 heavy (non-hydrogen) atoms. The van der Waals surface area contributed by atoms with Gasteiger partial charge in [-0.3, -0.25) is 13.9 Å². The predicted octanol–water partition coefficient (Wildman–Crippen LogP) is 1.06. The highest BCUT2D eigenvalue weighted by Gasteiger charge is 2.16. The number of aryl methyl sites for hydroxylation is 1. The first-order valence-electron chi connectivity index (χ1n) is 5.39. The van der Waals surface area contributed by atoms with Crippen LogP contribution < -0.4 is 5.69 Å². The number of aromatic nitrogens is 2. The van der Waals surface area contributed by atoms with Crippen molar-refractivity contribution in [3.05, 3.63) is 34.7 Å². The van der Waals surface area contributed by atoms with Crippen molar-refractivity contribution in [2.45, 2.75) is 13.5 Å². The molecule has 1 aromatic carbocycles. The van der Waals surface area contributed by atoms with Gasteiger partial charge in [0.15, 0.2) is 0 Å². The van der Waals surface area contributed by atoms with E-state index in [1.165, 1.54) is 9.13 Å². The maximum Gasteiger partial charge on any atom is 0.328 e. The molecule has 0 radical (unpaired) electrons. The fraction of sp³-hybridized carbons (Fsp3) is 0.333. The molecule has 0 bridgehead atoms. The summed E-state index contributed by atoms with van der Waals surface area (Å²) in [5, 5.41) is 8.89. The van der Waals surface area contributed by atoms with E-state index in [2.05, 4.69) is 0 Å². The van der Waals surface area contributed by atoms with Gasteiger partial charge < -0.3 is 5.11 Å². The SMILES string of the molecule is CC(Cn1c(=O)n(C)c2ccccc21)C(=O)O. The number of fused-ring (bicyclic) bond motifs is 1. The Kier molecular flexibility index (Phi) is 2.75. The summed E-state index contributed by atoms with van der Waals surface area (Å²) in [4.78, 5) is 22.8. The van der Waals surface area contributed by atoms with E-state index in [1.807, 2.05) is 24.3 Å². The highest BCUT2D eigenvalue weighted by atomic mass is 16.4. The summed E-state index contributed by atoms with van der Waals surface area (Å²) in [5.74, 6) is -1.48. The fourth-order valence-electron chi connectivity index (χ4n) is 1.89. The zero-order chi connectivity index (χ0) is 12.6. The lowest BCUT2D eigenvalue weighted by Crippen LogP contribution is -2.27. The van der Waals surface area contributed by atoms with Crippen molar-refractivity contribution in [1.82, 2.24) is 9.13 Å². The molecule has 0 saturated heterocycles. The Balaban J connectivity index is 2.58. The third kappa shape index (κ3) is 1.84. The minimum absolute atomic E-state index is 0.181. The lowest BCUT2D eigenvalue weighted by atomic mass is 10.2. The van der Waals surface area contributed by atoms with E-state index in [4.69, 9.17) is 5.11 Å². The zero-order valence-corrected chi connectivity index (χ0v) is 9.75. The minimum atomic E-state index is -0.898.